The maximum Gasteiger partial charge on any atom is 0.0100 e. The SMILES string of the molecule is CCCC(C)CC(NC)C1C2CC3CC(C2)CC1C3. The Morgan fingerprint density at radius 1 is 1.00 bits per heavy atom. The van der Waals surface area contributed by atoms with E-state index in [1.807, 2.05) is 0 Å². The molecule has 4 aliphatic rings. The van der Waals surface area contributed by atoms with Crippen molar-refractivity contribution in [3.05, 3.63) is 0 Å². The molecule has 110 valence electrons. The van der Waals surface area contributed by atoms with E-state index in [-0.39, 0.29) is 0 Å². The van der Waals surface area contributed by atoms with Crippen LogP contribution in [0.2, 0.25) is 0 Å². The maximum atomic E-state index is 3.72. The average Bonchev–Trinajstić information content (AvgIpc) is 2.36. The highest BCUT2D eigenvalue weighted by Crippen LogP contribution is 2.57. The van der Waals surface area contributed by atoms with Gasteiger partial charge in [-0.15, -0.1) is 0 Å². The summed E-state index contributed by atoms with van der Waals surface area (Å²) in [6.45, 7) is 4.79. The Balaban J connectivity index is 1.66. The highest BCUT2D eigenvalue weighted by Gasteiger charge is 2.50. The van der Waals surface area contributed by atoms with Crippen molar-refractivity contribution in [3.63, 3.8) is 0 Å². The lowest BCUT2D eigenvalue weighted by Crippen LogP contribution is -2.52. The molecule has 1 N–H and O–H groups in total. The zero-order valence-electron chi connectivity index (χ0n) is 13.2. The summed E-state index contributed by atoms with van der Waals surface area (Å²) in [7, 11) is 2.22. The van der Waals surface area contributed by atoms with Crippen molar-refractivity contribution in [2.45, 2.75) is 71.3 Å². The van der Waals surface area contributed by atoms with E-state index in [1.54, 1.807) is 32.1 Å². The van der Waals surface area contributed by atoms with Crippen LogP contribution in [0.1, 0.15) is 65.2 Å². The van der Waals surface area contributed by atoms with E-state index in [0.29, 0.717) is 0 Å². The highest BCUT2D eigenvalue weighted by atomic mass is 14.9. The number of hydrogen-bond donors (Lipinski definition) is 1. The Hall–Kier alpha value is -0.0400. The van der Waals surface area contributed by atoms with Crippen LogP contribution in [0.3, 0.4) is 0 Å². The van der Waals surface area contributed by atoms with E-state index < -0.39 is 0 Å². The molecule has 0 heterocycles. The summed E-state index contributed by atoms with van der Waals surface area (Å²) in [5.41, 5.74) is 0. The normalized spacial score (nSPS) is 43.4. The van der Waals surface area contributed by atoms with Crippen LogP contribution in [0.4, 0.5) is 0 Å². The minimum atomic E-state index is 0.802. The molecule has 1 heteroatoms. The monoisotopic (exact) mass is 263 g/mol. The van der Waals surface area contributed by atoms with Gasteiger partial charge < -0.3 is 5.32 Å². The van der Waals surface area contributed by atoms with Crippen molar-refractivity contribution in [2.75, 3.05) is 7.05 Å². The third-order valence-electron chi connectivity index (χ3n) is 6.57. The summed E-state index contributed by atoms with van der Waals surface area (Å²) in [6, 6.07) is 0.802. The highest BCUT2D eigenvalue weighted by molar-refractivity contribution is 5.01. The minimum Gasteiger partial charge on any atom is -0.317 e. The van der Waals surface area contributed by atoms with Gasteiger partial charge >= 0.3 is 0 Å². The second kappa shape index (κ2) is 5.76. The molecule has 0 aromatic heterocycles. The second-order valence-electron chi connectivity index (χ2n) is 8.03. The Bertz CT molecular complexity index is 270. The van der Waals surface area contributed by atoms with Gasteiger partial charge in [-0.05, 0) is 81.1 Å². The standard InChI is InChI=1S/C18H33N/c1-4-5-12(2)6-17(19-3)18-15-8-13-7-14(10-15)11-16(18)9-13/h12-19H,4-11H2,1-3H3. The molecule has 0 radical (unpaired) electrons. The summed E-state index contributed by atoms with van der Waals surface area (Å²) in [5.74, 6) is 6.29. The molecule has 4 saturated carbocycles. The molecule has 2 unspecified atom stereocenters. The Kier molecular flexibility index (Phi) is 4.22. The summed E-state index contributed by atoms with van der Waals surface area (Å²) >= 11 is 0. The van der Waals surface area contributed by atoms with E-state index in [4.69, 9.17) is 0 Å². The maximum absolute atomic E-state index is 3.72. The van der Waals surface area contributed by atoms with Crippen LogP contribution in [0.25, 0.3) is 0 Å². The molecular weight excluding hydrogens is 230 g/mol. The van der Waals surface area contributed by atoms with Crippen molar-refractivity contribution in [3.8, 4) is 0 Å². The van der Waals surface area contributed by atoms with Crippen molar-refractivity contribution in [1.29, 1.82) is 0 Å². The predicted molar refractivity (Wildman–Crippen MR) is 82.1 cm³/mol. The van der Waals surface area contributed by atoms with Gasteiger partial charge in [0.1, 0.15) is 0 Å². The lowest BCUT2D eigenvalue weighted by atomic mass is 9.50. The van der Waals surface area contributed by atoms with Gasteiger partial charge in [0, 0.05) is 6.04 Å². The fourth-order valence-electron chi connectivity index (χ4n) is 6.14. The van der Waals surface area contributed by atoms with Gasteiger partial charge in [-0.1, -0.05) is 26.7 Å². The van der Waals surface area contributed by atoms with Crippen LogP contribution in [-0.2, 0) is 0 Å². The number of nitrogens with one attached hydrogen (secondary N) is 1. The second-order valence-corrected chi connectivity index (χ2v) is 8.03. The molecular formula is C18H33N. The first-order valence-electron chi connectivity index (χ1n) is 8.88. The van der Waals surface area contributed by atoms with E-state index >= 15 is 0 Å². The molecule has 4 fully saturated rings. The molecule has 0 amide bonds. The molecule has 4 rings (SSSR count). The first-order valence-corrected chi connectivity index (χ1v) is 8.88. The summed E-state index contributed by atoms with van der Waals surface area (Å²) < 4.78 is 0. The fraction of sp³-hybridized carbons (Fsp3) is 1.00. The van der Waals surface area contributed by atoms with E-state index in [2.05, 4.69) is 26.2 Å². The van der Waals surface area contributed by atoms with Crippen molar-refractivity contribution in [1.82, 2.24) is 5.32 Å². The van der Waals surface area contributed by atoms with Crippen LogP contribution in [0.15, 0.2) is 0 Å². The van der Waals surface area contributed by atoms with Gasteiger partial charge in [-0.3, -0.25) is 0 Å². The van der Waals surface area contributed by atoms with Gasteiger partial charge in [0.2, 0.25) is 0 Å². The smallest absolute Gasteiger partial charge is 0.0100 e. The zero-order chi connectivity index (χ0) is 13.4. The van der Waals surface area contributed by atoms with Crippen molar-refractivity contribution < 1.29 is 0 Å². The predicted octanol–water partition coefficient (Wildman–Crippen LogP) is 4.47. The van der Waals surface area contributed by atoms with Crippen LogP contribution < -0.4 is 5.32 Å². The van der Waals surface area contributed by atoms with Gasteiger partial charge in [0.15, 0.2) is 0 Å². The average molecular weight is 263 g/mol. The number of hydrogen-bond acceptors (Lipinski definition) is 1. The first-order chi connectivity index (χ1) is 9.21. The Morgan fingerprint density at radius 2 is 1.58 bits per heavy atom. The summed E-state index contributed by atoms with van der Waals surface area (Å²) in [6.07, 6.45) is 12.0. The Labute approximate surface area is 119 Å². The van der Waals surface area contributed by atoms with Gasteiger partial charge in [-0.2, -0.15) is 0 Å². The van der Waals surface area contributed by atoms with Crippen LogP contribution >= 0.6 is 0 Å². The minimum absolute atomic E-state index is 0.802. The quantitative estimate of drug-likeness (QED) is 0.745. The molecule has 19 heavy (non-hydrogen) atoms. The van der Waals surface area contributed by atoms with Crippen molar-refractivity contribution >= 4 is 0 Å². The van der Waals surface area contributed by atoms with Crippen LogP contribution in [0.5, 0.6) is 0 Å². The lowest BCUT2D eigenvalue weighted by molar-refractivity contribution is -0.0537. The van der Waals surface area contributed by atoms with Crippen LogP contribution in [0, 0.1) is 35.5 Å². The lowest BCUT2D eigenvalue weighted by Gasteiger charge is -2.56. The molecule has 0 aliphatic heterocycles. The third kappa shape index (κ3) is 2.73. The third-order valence-corrected chi connectivity index (χ3v) is 6.57. The van der Waals surface area contributed by atoms with E-state index in [1.165, 1.54) is 19.3 Å². The molecule has 2 atom stereocenters. The first kappa shape index (κ1) is 13.9. The van der Waals surface area contributed by atoms with Gasteiger partial charge in [0.05, 0.1) is 0 Å². The molecule has 4 aliphatic carbocycles. The molecule has 1 nitrogen and oxygen atoms in total. The molecule has 0 aromatic rings. The van der Waals surface area contributed by atoms with Crippen LogP contribution in [-0.4, -0.2) is 13.1 Å². The van der Waals surface area contributed by atoms with Crippen molar-refractivity contribution in [2.24, 2.45) is 35.5 Å². The topological polar surface area (TPSA) is 12.0 Å². The molecule has 0 saturated heterocycles. The van der Waals surface area contributed by atoms with Gasteiger partial charge in [0.25, 0.3) is 0 Å². The fourth-order valence-corrected chi connectivity index (χ4v) is 6.14. The summed E-state index contributed by atoms with van der Waals surface area (Å²) in [5, 5.41) is 3.72. The molecule has 0 spiro atoms. The van der Waals surface area contributed by atoms with E-state index in [0.717, 1.165) is 41.5 Å². The number of rotatable bonds is 6. The summed E-state index contributed by atoms with van der Waals surface area (Å²) in [4.78, 5) is 0. The largest absolute Gasteiger partial charge is 0.317 e. The zero-order valence-corrected chi connectivity index (χ0v) is 13.2. The molecule has 0 aromatic carbocycles. The Morgan fingerprint density at radius 3 is 2.05 bits per heavy atom. The van der Waals surface area contributed by atoms with E-state index in [9.17, 15) is 0 Å². The van der Waals surface area contributed by atoms with Gasteiger partial charge in [-0.25, -0.2) is 0 Å². The molecule has 4 bridgehead atoms.